The minimum Gasteiger partial charge on any atom is -0.289 e. The summed E-state index contributed by atoms with van der Waals surface area (Å²) in [7, 11) is 0. The summed E-state index contributed by atoms with van der Waals surface area (Å²) in [5, 5.41) is 5.99. The number of nitrogens with zero attached hydrogens (tertiary/aromatic N) is 1. The van der Waals surface area contributed by atoms with Crippen LogP contribution >= 0.6 is 34.5 Å². The van der Waals surface area contributed by atoms with Crippen LogP contribution in [0.3, 0.4) is 0 Å². The van der Waals surface area contributed by atoms with Gasteiger partial charge >= 0.3 is 0 Å². The Morgan fingerprint density at radius 2 is 2.00 bits per heavy atom. The van der Waals surface area contributed by atoms with E-state index in [0.29, 0.717) is 15.7 Å². The Labute approximate surface area is 123 Å². The van der Waals surface area contributed by atoms with Crippen molar-refractivity contribution in [1.82, 2.24) is 9.78 Å². The Morgan fingerprint density at radius 1 is 1.16 bits per heavy atom. The van der Waals surface area contributed by atoms with Gasteiger partial charge in [-0.15, -0.1) is 11.3 Å². The van der Waals surface area contributed by atoms with Crippen LogP contribution in [0.15, 0.2) is 46.6 Å². The highest BCUT2D eigenvalue weighted by molar-refractivity contribution is 7.13. The van der Waals surface area contributed by atoms with Crippen LogP contribution < -0.4 is 5.56 Å². The van der Waals surface area contributed by atoms with E-state index in [-0.39, 0.29) is 5.56 Å². The number of thiophene rings is 1. The third kappa shape index (κ3) is 2.34. The molecule has 3 nitrogen and oxygen atoms in total. The first kappa shape index (κ1) is 12.5. The second kappa shape index (κ2) is 4.89. The Morgan fingerprint density at radius 3 is 2.74 bits per heavy atom. The van der Waals surface area contributed by atoms with E-state index in [0.717, 1.165) is 10.6 Å². The largest absolute Gasteiger partial charge is 0.289 e. The standard InChI is InChI=1S/C13H8Cl2N2OS/c14-8-3-4-9(15)11(6-8)17-13(18)7-10(16-17)12-2-1-5-19-12/h1-7,16H. The summed E-state index contributed by atoms with van der Waals surface area (Å²) in [6.45, 7) is 0. The molecule has 2 heterocycles. The van der Waals surface area contributed by atoms with Gasteiger partial charge in [0.2, 0.25) is 0 Å². The third-order valence-corrected chi connectivity index (χ3v) is 4.11. The van der Waals surface area contributed by atoms with Crippen LogP contribution in [-0.2, 0) is 0 Å². The quantitative estimate of drug-likeness (QED) is 0.756. The van der Waals surface area contributed by atoms with Crippen molar-refractivity contribution < 1.29 is 0 Å². The average Bonchev–Trinajstić information content (AvgIpc) is 3.01. The molecule has 19 heavy (non-hydrogen) atoms. The maximum absolute atomic E-state index is 12.0. The smallest absolute Gasteiger partial charge is 0.271 e. The summed E-state index contributed by atoms with van der Waals surface area (Å²) < 4.78 is 1.39. The molecular formula is C13H8Cl2N2OS. The van der Waals surface area contributed by atoms with E-state index in [4.69, 9.17) is 23.2 Å². The zero-order chi connectivity index (χ0) is 13.4. The molecule has 0 fully saturated rings. The number of benzene rings is 1. The zero-order valence-corrected chi connectivity index (χ0v) is 11.9. The second-order valence-corrected chi connectivity index (χ2v) is 5.71. The molecular weight excluding hydrogens is 303 g/mol. The van der Waals surface area contributed by atoms with Crippen LogP contribution in [0.4, 0.5) is 0 Å². The fourth-order valence-electron chi connectivity index (χ4n) is 1.79. The van der Waals surface area contributed by atoms with Gasteiger partial charge in [-0.1, -0.05) is 29.3 Å². The normalized spacial score (nSPS) is 10.8. The van der Waals surface area contributed by atoms with Crippen molar-refractivity contribution in [2.75, 3.05) is 0 Å². The molecule has 0 aliphatic heterocycles. The molecule has 0 spiro atoms. The van der Waals surface area contributed by atoms with Crippen LogP contribution in [0.5, 0.6) is 0 Å². The molecule has 3 aromatic rings. The highest BCUT2D eigenvalue weighted by Gasteiger charge is 2.10. The molecule has 0 unspecified atom stereocenters. The number of H-pyrrole nitrogens is 1. The molecule has 2 aromatic heterocycles. The maximum atomic E-state index is 12.0. The summed E-state index contributed by atoms with van der Waals surface area (Å²) in [5.74, 6) is 0. The summed E-state index contributed by atoms with van der Waals surface area (Å²) in [4.78, 5) is 13.0. The van der Waals surface area contributed by atoms with Gasteiger partial charge in [-0.05, 0) is 29.6 Å². The Kier molecular flexibility index (Phi) is 3.22. The molecule has 0 saturated heterocycles. The van der Waals surface area contributed by atoms with Crippen molar-refractivity contribution in [3.63, 3.8) is 0 Å². The Bertz CT molecular complexity index is 774. The minimum absolute atomic E-state index is 0.174. The van der Waals surface area contributed by atoms with Gasteiger partial charge in [0.25, 0.3) is 5.56 Å². The molecule has 6 heteroatoms. The molecule has 3 rings (SSSR count). The van der Waals surface area contributed by atoms with Crippen LogP contribution in [0.25, 0.3) is 16.3 Å². The fraction of sp³-hybridized carbons (Fsp3) is 0. The van der Waals surface area contributed by atoms with Crippen molar-refractivity contribution in [2.45, 2.75) is 0 Å². The van der Waals surface area contributed by atoms with Gasteiger partial charge in [-0.25, -0.2) is 4.68 Å². The van der Waals surface area contributed by atoms with Crippen LogP contribution in [0, 0.1) is 0 Å². The van der Waals surface area contributed by atoms with Gasteiger partial charge in [0.15, 0.2) is 0 Å². The molecule has 1 aromatic carbocycles. The Hall–Kier alpha value is -1.49. The van der Waals surface area contributed by atoms with Crippen LogP contribution in [0.2, 0.25) is 10.0 Å². The topological polar surface area (TPSA) is 37.8 Å². The summed E-state index contributed by atoms with van der Waals surface area (Å²) >= 11 is 13.6. The first-order valence-corrected chi connectivity index (χ1v) is 7.10. The first-order valence-electron chi connectivity index (χ1n) is 5.46. The van der Waals surface area contributed by atoms with E-state index in [9.17, 15) is 4.79 Å². The molecule has 0 aliphatic rings. The van der Waals surface area contributed by atoms with E-state index in [1.807, 2.05) is 17.5 Å². The first-order chi connectivity index (χ1) is 9.15. The third-order valence-electron chi connectivity index (χ3n) is 2.66. The Balaban J connectivity index is 2.16. The van der Waals surface area contributed by atoms with Gasteiger partial charge in [-0.2, -0.15) is 0 Å². The number of rotatable bonds is 2. The second-order valence-electron chi connectivity index (χ2n) is 3.92. The van der Waals surface area contributed by atoms with Gasteiger partial charge in [0, 0.05) is 11.1 Å². The molecule has 96 valence electrons. The van der Waals surface area contributed by atoms with Crippen LogP contribution in [0.1, 0.15) is 0 Å². The lowest BCUT2D eigenvalue weighted by Gasteiger charge is -2.05. The number of nitrogens with one attached hydrogen (secondary N) is 1. The molecule has 0 aliphatic carbocycles. The lowest BCUT2D eigenvalue weighted by Crippen LogP contribution is -2.13. The molecule has 1 N–H and O–H groups in total. The van der Waals surface area contributed by atoms with E-state index in [1.54, 1.807) is 35.6 Å². The lowest BCUT2D eigenvalue weighted by molar-refractivity contribution is 0.853. The van der Waals surface area contributed by atoms with Gasteiger partial charge < -0.3 is 0 Å². The van der Waals surface area contributed by atoms with Gasteiger partial charge in [0.1, 0.15) is 0 Å². The molecule has 0 amide bonds. The number of aromatic nitrogens is 2. The maximum Gasteiger partial charge on any atom is 0.271 e. The highest BCUT2D eigenvalue weighted by Crippen LogP contribution is 2.25. The van der Waals surface area contributed by atoms with Crippen molar-refractivity contribution in [2.24, 2.45) is 0 Å². The van der Waals surface area contributed by atoms with Crippen molar-refractivity contribution >= 4 is 34.5 Å². The van der Waals surface area contributed by atoms with Gasteiger partial charge in [-0.3, -0.25) is 9.89 Å². The molecule has 0 saturated carbocycles. The van der Waals surface area contributed by atoms with E-state index in [2.05, 4.69) is 5.10 Å². The molecule has 0 bridgehead atoms. The average molecular weight is 311 g/mol. The van der Waals surface area contributed by atoms with E-state index >= 15 is 0 Å². The number of hydrogen-bond acceptors (Lipinski definition) is 2. The van der Waals surface area contributed by atoms with Crippen molar-refractivity contribution in [3.8, 4) is 16.3 Å². The number of halogens is 2. The van der Waals surface area contributed by atoms with E-state index < -0.39 is 0 Å². The monoisotopic (exact) mass is 310 g/mol. The predicted molar refractivity (Wildman–Crippen MR) is 79.7 cm³/mol. The fourth-order valence-corrected chi connectivity index (χ4v) is 2.85. The summed E-state index contributed by atoms with van der Waals surface area (Å²) in [6.07, 6.45) is 0. The highest BCUT2D eigenvalue weighted by atomic mass is 35.5. The zero-order valence-electron chi connectivity index (χ0n) is 9.56. The number of hydrogen-bond donors (Lipinski definition) is 1. The predicted octanol–water partition coefficient (Wildman–Crippen LogP) is 4.20. The minimum atomic E-state index is -0.174. The van der Waals surface area contributed by atoms with E-state index in [1.165, 1.54) is 4.68 Å². The van der Waals surface area contributed by atoms with Crippen LogP contribution in [-0.4, -0.2) is 9.78 Å². The lowest BCUT2D eigenvalue weighted by atomic mass is 10.3. The van der Waals surface area contributed by atoms with Crippen molar-refractivity contribution in [3.05, 3.63) is 62.2 Å². The summed E-state index contributed by atoms with van der Waals surface area (Å²) in [6, 6.07) is 10.4. The number of aromatic amines is 1. The van der Waals surface area contributed by atoms with Crippen molar-refractivity contribution in [1.29, 1.82) is 0 Å². The SMILES string of the molecule is O=c1cc(-c2cccs2)[nH]n1-c1cc(Cl)ccc1Cl. The summed E-state index contributed by atoms with van der Waals surface area (Å²) in [5.41, 5.74) is 1.13. The van der Waals surface area contributed by atoms with Gasteiger partial charge in [0.05, 0.1) is 21.3 Å². The molecule has 0 radical (unpaired) electrons. The molecule has 0 atom stereocenters.